The molecule has 1 heterocycles. The molecular weight excluding hydrogens is 362 g/mol. The molecule has 0 radical (unpaired) electrons. The van der Waals surface area contributed by atoms with Crippen LogP contribution in [0.2, 0.25) is 0 Å². The van der Waals surface area contributed by atoms with Gasteiger partial charge in [0.2, 0.25) is 0 Å². The van der Waals surface area contributed by atoms with Crippen LogP contribution in [0.5, 0.6) is 11.5 Å². The molecule has 0 bridgehead atoms. The summed E-state index contributed by atoms with van der Waals surface area (Å²) in [7, 11) is 0. The maximum Gasteiger partial charge on any atom is 0.261 e. The highest BCUT2D eigenvalue weighted by molar-refractivity contribution is 5.81. The predicted octanol–water partition coefficient (Wildman–Crippen LogP) is 5.66. The molecule has 29 heavy (non-hydrogen) atoms. The highest BCUT2D eigenvalue weighted by Gasteiger charge is 2.39. The van der Waals surface area contributed by atoms with Crippen LogP contribution in [0.3, 0.4) is 0 Å². The van der Waals surface area contributed by atoms with Crippen molar-refractivity contribution in [3.8, 4) is 11.5 Å². The summed E-state index contributed by atoms with van der Waals surface area (Å²) in [6, 6.07) is 14.0. The summed E-state index contributed by atoms with van der Waals surface area (Å²) in [6.45, 7) is 10.3. The zero-order valence-electron chi connectivity index (χ0n) is 18.2. The summed E-state index contributed by atoms with van der Waals surface area (Å²) < 4.78 is 12.4. The summed E-state index contributed by atoms with van der Waals surface area (Å²) >= 11 is 0. The van der Waals surface area contributed by atoms with E-state index in [2.05, 4.69) is 25.2 Å². The van der Waals surface area contributed by atoms with Crippen LogP contribution < -0.4 is 14.8 Å². The Morgan fingerprint density at radius 3 is 2.41 bits per heavy atom. The molecule has 0 aromatic heterocycles. The monoisotopic (exact) mass is 395 g/mol. The van der Waals surface area contributed by atoms with Gasteiger partial charge >= 0.3 is 0 Å². The third kappa shape index (κ3) is 4.75. The van der Waals surface area contributed by atoms with Crippen LogP contribution in [0.4, 0.5) is 0 Å². The fraction of sp³-hybridized carbons (Fsp3) is 0.480. The summed E-state index contributed by atoms with van der Waals surface area (Å²) in [5.74, 6) is 1.54. The van der Waals surface area contributed by atoms with E-state index < -0.39 is 6.10 Å². The lowest BCUT2D eigenvalue weighted by molar-refractivity contribution is -0.129. The van der Waals surface area contributed by atoms with Crippen LogP contribution in [-0.2, 0) is 4.79 Å². The van der Waals surface area contributed by atoms with Crippen molar-refractivity contribution in [1.29, 1.82) is 0 Å². The largest absolute Gasteiger partial charge is 0.487 e. The zero-order chi connectivity index (χ0) is 21.0. The van der Waals surface area contributed by atoms with Gasteiger partial charge < -0.3 is 14.8 Å². The molecule has 0 fully saturated rings. The molecular formula is C25H33NO3. The van der Waals surface area contributed by atoms with E-state index in [0.717, 1.165) is 47.5 Å². The van der Waals surface area contributed by atoms with Gasteiger partial charge in [0.1, 0.15) is 17.1 Å². The molecule has 0 aliphatic carbocycles. The summed E-state index contributed by atoms with van der Waals surface area (Å²) in [5, 5.41) is 3.26. The van der Waals surface area contributed by atoms with E-state index in [1.165, 1.54) is 0 Å². The van der Waals surface area contributed by atoms with Gasteiger partial charge in [0.25, 0.3) is 5.91 Å². The molecule has 1 aliphatic heterocycles. The molecule has 1 aliphatic rings. The van der Waals surface area contributed by atoms with Gasteiger partial charge in [0.05, 0.1) is 6.04 Å². The minimum Gasteiger partial charge on any atom is -0.487 e. The average Bonchev–Trinajstić information content (AvgIpc) is 2.71. The van der Waals surface area contributed by atoms with E-state index in [4.69, 9.17) is 9.47 Å². The number of hydrogen-bond donors (Lipinski definition) is 1. The standard InChI is InChI=1S/C25H33NO3/c1-6-22(28-19-14-17(4)13-18(5)15-19)24(27)26-21-16-25(7-2,8-3)29-23-12-10-9-11-20(21)23/h9-15,21-22H,6-8,16H2,1-5H3,(H,26,27)/t21-,22-/m0/s1. The van der Waals surface area contributed by atoms with Gasteiger partial charge in [-0.15, -0.1) is 0 Å². The number of ether oxygens (including phenoxy) is 2. The Bertz CT molecular complexity index is 837. The molecule has 0 saturated carbocycles. The van der Waals surface area contributed by atoms with E-state index in [-0.39, 0.29) is 17.6 Å². The van der Waals surface area contributed by atoms with Gasteiger partial charge in [-0.1, -0.05) is 45.0 Å². The number of rotatable bonds is 7. The zero-order valence-corrected chi connectivity index (χ0v) is 18.2. The van der Waals surface area contributed by atoms with Crippen molar-refractivity contribution >= 4 is 5.91 Å². The molecule has 1 amide bonds. The van der Waals surface area contributed by atoms with E-state index >= 15 is 0 Å². The van der Waals surface area contributed by atoms with Crippen molar-refractivity contribution in [1.82, 2.24) is 5.32 Å². The van der Waals surface area contributed by atoms with E-state index in [1.807, 2.05) is 57.2 Å². The minimum absolute atomic E-state index is 0.0746. The molecule has 2 aromatic carbocycles. The number of hydrogen-bond acceptors (Lipinski definition) is 3. The fourth-order valence-electron chi connectivity index (χ4n) is 4.18. The molecule has 3 rings (SSSR count). The SMILES string of the molecule is CC[C@H](Oc1cc(C)cc(C)c1)C(=O)N[C@H]1CC(CC)(CC)Oc2ccccc21. The van der Waals surface area contributed by atoms with E-state index in [9.17, 15) is 4.79 Å². The minimum atomic E-state index is -0.524. The molecule has 156 valence electrons. The maximum absolute atomic E-state index is 13.1. The second-order valence-electron chi connectivity index (χ2n) is 8.13. The number of amides is 1. The second kappa shape index (κ2) is 8.89. The van der Waals surface area contributed by atoms with Gasteiger partial charge in [0, 0.05) is 12.0 Å². The number of aryl methyl sites for hydroxylation is 2. The Labute approximate surface area is 174 Å². The third-order valence-corrected chi connectivity index (χ3v) is 5.94. The third-order valence-electron chi connectivity index (χ3n) is 5.94. The van der Waals surface area contributed by atoms with Crippen molar-refractivity contribution in [2.24, 2.45) is 0 Å². The van der Waals surface area contributed by atoms with Crippen molar-refractivity contribution in [3.05, 3.63) is 59.2 Å². The van der Waals surface area contributed by atoms with Gasteiger partial charge in [-0.2, -0.15) is 0 Å². The van der Waals surface area contributed by atoms with Crippen LogP contribution in [0.15, 0.2) is 42.5 Å². The van der Waals surface area contributed by atoms with Crippen molar-refractivity contribution in [2.45, 2.75) is 78.0 Å². The number of para-hydroxylation sites is 1. The molecule has 4 nitrogen and oxygen atoms in total. The quantitative estimate of drug-likeness (QED) is 0.658. The van der Waals surface area contributed by atoms with Crippen molar-refractivity contribution < 1.29 is 14.3 Å². The number of carbonyl (C=O) groups is 1. The first-order valence-electron chi connectivity index (χ1n) is 10.7. The first-order valence-corrected chi connectivity index (χ1v) is 10.7. The summed E-state index contributed by atoms with van der Waals surface area (Å²) in [6.07, 6.45) is 2.66. The molecule has 0 spiro atoms. The second-order valence-corrected chi connectivity index (χ2v) is 8.13. The van der Waals surface area contributed by atoms with Crippen molar-refractivity contribution in [3.63, 3.8) is 0 Å². The molecule has 2 aromatic rings. The van der Waals surface area contributed by atoms with Crippen LogP contribution in [0.1, 0.15) is 69.2 Å². The van der Waals surface area contributed by atoms with Gasteiger partial charge in [0.15, 0.2) is 6.10 Å². The first-order chi connectivity index (χ1) is 13.9. The number of fused-ring (bicyclic) bond motifs is 1. The molecule has 0 saturated heterocycles. The fourth-order valence-corrected chi connectivity index (χ4v) is 4.18. The Kier molecular flexibility index (Phi) is 6.51. The number of benzene rings is 2. The Morgan fingerprint density at radius 2 is 1.79 bits per heavy atom. The predicted molar refractivity (Wildman–Crippen MR) is 117 cm³/mol. The Morgan fingerprint density at radius 1 is 1.14 bits per heavy atom. The molecule has 1 N–H and O–H groups in total. The lowest BCUT2D eigenvalue weighted by Crippen LogP contribution is -2.47. The van der Waals surface area contributed by atoms with E-state index in [0.29, 0.717) is 6.42 Å². The van der Waals surface area contributed by atoms with Gasteiger partial charge in [-0.3, -0.25) is 4.79 Å². The Balaban J connectivity index is 1.80. The lowest BCUT2D eigenvalue weighted by Gasteiger charge is -2.42. The van der Waals surface area contributed by atoms with E-state index in [1.54, 1.807) is 0 Å². The van der Waals surface area contributed by atoms with Crippen LogP contribution in [-0.4, -0.2) is 17.6 Å². The normalized spacial score (nSPS) is 18.3. The van der Waals surface area contributed by atoms with Gasteiger partial charge in [-0.25, -0.2) is 0 Å². The van der Waals surface area contributed by atoms with Crippen molar-refractivity contribution in [2.75, 3.05) is 0 Å². The first kappa shape index (κ1) is 21.2. The van der Waals surface area contributed by atoms with Crippen LogP contribution in [0, 0.1) is 13.8 Å². The molecule has 0 unspecified atom stereocenters. The highest BCUT2D eigenvalue weighted by Crippen LogP contribution is 2.42. The highest BCUT2D eigenvalue weighted by atomic mass is 16.5. The topological polar surface area (TPSA) is 47.6 Å². The number of carbonyl (C=O) groups excluding carboxylic acids is 1. The average molecular weight is 396 g/mol. The van der Waals surface area contributed by atoms with Crippen LogP contribution >= 0.6 is 0 Å². The smallest absolute Gasteiger partial charge is 0.261 e. The molecule has 4 heteroatoms. The summed E-state index contributed by atoms with van der Waals surface area (Å²) in [5.41, 5.74) is 3.05. The summed E-state index contributed by atoms with van der Waals surface area (Å²) in [4.78, 5) is 13.1. The maximum atomic E-state index is 13.1. The Hall–Kier alpha value is -2.49. The van der Waals surface area contributed by atoms with Crippen LogP contribution in [0.25, 0.3) is 0 Å². The lowest BCUT2D eigenvalue weighted by atomic mass is 9.83. The number of nitrogens with one attached hydrogen (secondary N) is 1. The molecule has 2 atom stereocenters. The van der Waals surface area contributed by atoms with Gasteiger partial charge in [-0.05, 0) is 62.4 Å².